The molecule has 1 aliphatic carbocycles. The lowest BCUT2D eigenvalue weighted by Crippen LogP contribution is -2.83. The molecule has 1 atom stereocenters. The van der Waals surface area contributed by atoms with Crippen molar-refractivity contribution >= 4 is 56.4 Å². The van der Waals surface area contributed by atoms with Crippen molar-refractivity contribution in [2.45, 2.75) is 96.8 Å². The first-order chi connectivity index (χ1) is 9.24. The van der Waals surface area contributed by atoms with Crippen molar-refractivity contribution in [3.8, 4) is 0 Å². The molecule has 1 aliphatic rings. The van der Waals surface area contributed by atoms with Gasteiger partial charge in [-0.2, -0.15) is 27.0 Å². The summed E-state index contributed by atoms with van der Waals surface area (Å²) >= 11 is 0. The highest BCUT2D eigenvalue weighted by Gasteiger charge is 2.61. The molecule has 0 aromatic carbocycles. The van der Waals surface area contributed by atoms with Gasteiger partial charge in [0.15, 0.2) is 0 Å². The summed E-state index contributed by atoms with van der Waals surface area (Å²) in [6, 6.07) is 1.25. The minimum absolute atomic E-state index is 0. The van der Waals surface area contributed by atoms with Crippen molar-refractivity contribution in [2.75, 3.05) is 0 Å². The molecule has 0 aromatic rings. The molecule has 1 rings (SSSR count). The fourth-order valence-corrected chi connectivity index (χ4v) is 104. The lowest BCUT2D eigenvalue weighted by Gasteiger charge is -2.58. The zero-order valence-corrected chi connectivity index (χ0v) is 23.1. The normalized spacial score (nSPS) is 19.0. The molecule has 7 heteroatoms. The first-order valence-corrected chi connectivity index (χ1v) is 24.6. The van der Waals surface area contributed by atoms with Crippen LogP contribution in [0.3, 0.4) is 0 Å². The quantitative estimate of drug-likeness (QED) is 0.557. The topological polar surface area (TPSA) is 20.2 Å². The Hall–Kier alpha value is 1.53. The van der Waals surface area contributed by atoms with Crippen LogP contribution in [0.4, 0.5) is 0 Å². The summed E-state index contributed by atoms with van der Waals surface area (Å²) in [5.41, 5.74) is 0. The predicted octanol–water partition coefficient (Wildman–Crippen LogP) is 5.46. The molecule has 1 N–H and O–H groups in total. The van der Waals surface area contributed by atoms with Crippen LogP contribution in [-0.2, 0) is 0 Å². The predicted molar refractivity (Wildman–Crippen MR) is 129 cm³/mol. The molecule has 0 bridgehead atoms. The van der Waals surface area contributed by atoms with E-state index in [9.17, 15) is 5.11 Å². The van der Waals surface area contributed by atoms with Gasteiger partial charge in [0, 0.05) is 29.4 Å². The second-order valence-electron chi connectivity index (χ2n) is 10.5. The van der Waals surface area contributed by atoms with Crippen LogP contribution in [0.15, 0.2) is 0 Å². The Balaban J connectivity index is 0. The molecule has 0 spiro atoms. The lowest BCUT2D eigenvalue weighted by atomic mass is 10.0. The number of aliphatic hydroxyl groups excluding tert-OH is 1. The molecule has 0 aliphatic heterocycles. The first-order valence-electron chi connectivity index (χ1n) is 8.92. The summed E-state index contributed by atoms with van der Waals surface area (Å²) in [5, 5.41) is 11.1. The number of hydrogen-bond donors (Lipinski definition) is 1. The van der Waals surface area contributed by atoms with E-state index >= 15 is 0 Å². The Bertz CT molecular complexity index is 317. The molecule has 0 heterocycles. The average molecular weight is 429 g/mol. The van der Waals surface area contributed by atoms with E-state index in [0.29, 0.717) is 5.92 Å². The molecule has 0 saturated heterocycles. The molecule has 1 nitrogen and oxygen atoms in total. The monoisotopic (exact) mass is 428 g/mol. The maximum atomic E-state index is 11.1. The van der Waals surface area contributed by atoms with E-state index in [1.807, 2.05) is 0 Å². The standard InChI is InChI=1S/C16H40OSi4.2H2S/c1-18(2,3)21(19(4,5)6,20(7,8)9)14-16(17)15-12-10-11-13-15;;/h15-17H,10-14H2,1-9H3;2*1H2/t16-;;/m1../s1. The van der Waals surface area contributed by atoms with Gasteiger partial charge in [-0.25, -0.2) is 0 Å². The third-order valence-corrected chi connectivity index (χ3v) is 80.4. The van der Waals surface area contributed by atoms with Gasteiger partial charge in [0.2, 0.25) is 0 Å². The molecule has 1 saturated carbocycles. The van der Waals surface area contributed by atoms with Crippen LogP contribution in [0.25, 0.3) is 0 Å². The molecular formula is C16H44OS2Si4. The molecular weight excluding hydrogens is 385 g/mol. The highest BCUT2D eigenvalue weighted by atomic mass is 32.1. The van der Waals surface area contributed by atoms with Crippen molar-refractivity contribution in [1.29, 1.82) is 0 Å². The van der Waals surface area contributed by atoms with E-state index in [4.69, 9.17) is 0 Å². The van der Waals surface area contributed by atoms with Crippen LogP contribution in [0, 0.1) is 5.92 Å². The Morgan fingerprint density at radius 2 is 1.04 bits per heavy atom. The van der Waals surface area contributed by atoms with Gasteiger partial charge >= 0.3 is 0 Å². The summed E-state index contributed by atoms with van der Waals surface area (Å²) < 4.78 is 0. The maximum absolute atomic E-state index is 11.1. The third-order valence-electron chi connectivity index (χ3n) is 6.30. The largest absolute Gasteiger partial charge is 0.393 e. The smallest absolute Gasteiger partial charge is 0.0539 e. The van der Waals surface area contributed by atoms with E-state index in [-0.39, 0.29) is 33.1 Å². The number of hydrogen-bond acceptors (Lipinski definition) is 1. The molecule has 0 unspecified atom stereocenters. The molecule has 0 aromatic heterocycles. The second-order valence-corrected chi connectivity index (χ2v) is 51.9. The maximum Gasteiger partial charge on any atom is 0.0539 e. The van der Waals surface area contributed by atoms with Crippen molar-refractivity contribution in [1.82, 2.24) is 0 Å². The van der Waals surface area contributed by atoms with Crippen molar-refractivity contribution in [3.05, 3.63) is 0 Å². The molecule has 1 fully saturated rings. The van der Waals surface area contributed by atoms with Crippen LogP contribution in [0.5, 0.6) is 0 Å². The Kier molecular flexibility index (Phi) is 10.4. The summed E-state index contributed by atoms with van der Waals surface area (Å²) in [4.78, 5) is 0. The van der Waals surface area contributed by atoms with Gasteiger partial charge in [0.05, 0.1) is 6.10 Å². The summed E-state index contributed by atoms with van der Waals surface area (Å²) in [6.45, 7) is 22.4. The van der Waals surface area contributed by atoms with Crippen LogP contribution >= 0.6 is 27.0 Å². The minimum atomic E-state index is -1.36. The van der Waals surface area contributed by atoms with Crippen molar-refractivity contribution in [3.63, 3.8) is 0 Å². The average Bonchev–Trinajstić information content (AvgIpc) is 2.72. The van der Waals surface area contributed by atoms with Crippen molar-refractivity contribution in [2.24, 2.45) is 5.92 Å². The van der Waals surface area contributed by atoms with Crippen molar-refractivity contribution < 1.29 is 5.11 Å². The van der Waals surface area contributed by atoms with Gasteiger partial charge in [0.1, 0.15) is 0 Å². The summed E-state index contributed by atoms with van der Waals surface area (Å²) in [5.74, 6) is 0.626. The zero-order chi connectivity index (χ0) is 16.7. The highest BCUT2D eigenvalue weighted by molar-refractivity contribution is 7.89. The van der Waals surface area contributed by atoms with Gasteiger partial charge in [-0.15, -0.1) is 0 Å². The molecule has 142 valence electrons. The second kappa shape index (κ2) is 8.95. The van der Waals surface area contributed by atoms with Gasteiger partial charge in [-0.05, 0) is 24.8 Å². The Morgan fingerprint density at radius 1 is 0.739 bits per heavy atom. The Labute approximate surface area is 163 Å². The van der Waals surface area contributed by atoms with Gasteiger partial charge in [-0.3, -0.25) is 0 Å². The first kappa shape index (κ1) is 26.8. The summed E-state index contributed by atoms with van der Waals surface area (Å²) in [6.07, 6.45) is 5.29. The van der Waals surface area contributed by atoms with Crippen LogP contribution in [0.1, 0.15) is 25.7 Å². The molecule has 0 radical (unpaired) electrons. The number of rotatable bonds is 6. The van der Waals surface area contributed by atoms with Gasteiger partial charge < -0.3 is 5.11 Å². The highest BCUT2D eigenvalue weighted by Crippen LogP contribution is 2.43. The fourth-order valence-electron chi connectivity index (χ4n) is 6.12. The van der Waals surface area contributed by atoms with E-state index in [1.54, 1.807) is 0 Å². The van der Waals surface area contributed by atoms with Gasteiger partial charge in [0.25, 0.3) is 0 Å². The zero-order valence-electron chi connectivity index (χ0n) is 17.1. The SMILES string of the molecule is C[Si](C)(C)[Si](C[C@@H](O)C1CCCC1)([Si](C)(C)C)[Si](C)(C)C.S.S. The molecule has 0 amide bonds. The van der Waals surface area contributed by atoms with Gasteiger partial charge in [-0.1, -0.05) is 71.8 Å². The fraction of sp³-hybridized carbons (Fsp3) is 1.00. The van der Waals surface area contributed by atoms with E-state index in [2.05, 4.69) is 58.9 Å². The lowest BCUT2D eigenvalue weighted by molar-refractivity contribution is 0.128. The molecule has 23 heavy (non-hydrogen) atoms. The Morgan fingerprint density at radius 3 is 1.30 bits per heavy atom. The summed E-state index contributed by atoms with van der Waals surface area (Å²) in [7, 11) is -3.66. The minimum Gasteiger partial charge on any atom is -0.393 e. The van der Waals surface area contributed by atoms with E-state index in [0.717, 1.165) is 0 Å². The van der Waals surface area contributed by atoms with Crippen LogP contribution in [0.2, 0.25) is 65.0 Å². The number of aliphatic hydroxyl groups is 1. The van der Waals surface area contributed by atoms with E-state index < -0.39 is 29.4 Å². The van der Waals surface area contributed by atoms with Crippen LogP contribution in [-0.4, -0.2) is 40.6 Å². The van der Waals surface area contributed by atoms with Crippen LogP contribution < -0.4 is 0 Å². The third kappa shape index (κ3) is 5.50. The van der Waals surface area contributed by atoms with E-state index in [1.165, 1.54) is 31.7 Å².